The number of thioether (sulfide) groups is 1. The predicted octanol–water partition coefficient (Wildman–Crippen LogP) is 2.49. The SMILES string of the molecule is O=C(NCc1nnc(SCC(=O)N2CCCCCC2)o1)c1ccccc1. The van der Waals surface area contributed by atoms with E-state index in [0.717, 1.165) is 25.9 Å². The molecule has 0 aliphatic carbocycles. The molecule has 7 nitrogen and oxygen atoms in total. The number of hydrogen-bond acceptors (Lipinski definition) is 6. The molecule has 138 valence electrons. The third-order valence-electron chi connectivity index (χ3n) is 4.16. The standard InChI is InChI=1S/C18H22N4O3S/c23-16(22-10-6-1-2-7-11-22)13-26-18-21-20-15(25-18)12-19-17(24)14-8-4-3-5-9-14/h3-5,8-9H,1-2,6-7,10-13H2,(H,19,24). The van der Waals surface area contributed by atoms with Crippen LogP contribution in [0.2, 0.25) is 0 Å². The van der Waals surface area contributed by atoms with Gasteiger partial charge >= 0.3 is 0 Å². The van der Waals surface area contributed by atoms with E-state index in [1.807, 2.05) is 11.0 Å². The fourth-order valence-corrected chi connectivity index (χ4v) is 3.43. The molecular formula is C18H22N4O3S. The lowest BCUT2D eigenvalue weighted by Crippen LogP contribution is -2.33. The van der Waals surface area contributed by atoms with Crippen LogP contribution in [-0.4, -0.2) is 45.8 Å². The van der Waals surface area contributed by atoms with E-state index < -0.39 is 0 Å². The van der Waals surface area contributed by atoms with Gasteiger partial charge in [-0.05, 0) is 25.0 Å². The Bertz CT molecular complexity index is 727. The minimum absolute atomic E-state index is 0.106. The van der Waals surface area contributed by atoms with Gasteiger partial charge in [0.25, 0.3) is 11.1 Å². The summed E-state index contributed by atoms with van der Waals surface area (Å²) in [6.45, 7) is 1.82. The van der Waals surface area contributed by atoms with Crippen LogP contribution in [0.1, 0.15) is 41.9 Å². The second-order valence-corrected chi connectivity index (χ2v) is 7.02. The van der Waals surface area contributed by atoms with Crippen LogP contribution >= 0.6 is 11.8 Å². The number of carbonyl (C=O) groups is 2. The fraction of sp³-hybridized carbons (Fsp3) is 0.444. The van der Waals surface area contributed by atoms with Crippen molar-refractivity contribution in [3.63, 3.8) is 0 Å². The zero-order valence-electron chi connectivity index (χ0n) is 14.5. The van der Waals surface area contributed by atoms with Gasteiger partial charge in [0.2, 0.25) is 11.8 Å². The van der Waals surface area contributed by atoms with Gasteiger partial charge in [0.05, 0.1) is 12.3 Å². The van der Waals surface area contributed by atoms with Crippen molar-refractivity contribution in [2.45, 2.75) is 37.5 Å². The highest BCUT2D eigenvalue weighted by atomic mass is 32.2. The van der Waals surface area contributed by atoms with E-state index in [1.165, 1.54) is 24.6 Å². The van der Waals surface area contributed by atoms with Gasteiger partial charge in [-0.3, -0.25) is 9.59 Å². The fourth-order valence-electron chi connectivity index (χ4n) is 2.75. The number of rotatable bonds is 6. The molecule has 3 rings (SSSR count). The molecule has 1 N–H and O–H groups in total. The van der Waals surface area contributed by atoms with Crippen molar-refractivity contribution in [2.75, 3.05) is 18.8 Å². The summed E-state index contributed by atoms with van der Waals surface area (Å²) >= 11 is 1.24. The van der Waals surface area contributed by atoms with Crippen LogP contribution in [0.4, 0.5) is 0 Å². The molecule has 1 fully saturated rings. The minimum atomic E-state index is -0.200. The van der Waals surface area contributed by atoms with Crippen LogP contribution in [0, 0.1) is 0 Å². The Kier molecular flexibility index (Phi) is 6.65. The van der Waals surface area contributed by atoms with E-state index in [2.05, 4.69) is 15.5 Å². The van der Waals surface area contributed by atoms with Crippen molar-refractivity contribution < 1.29 is 14.0 Å². The topological polar surface area (TPSA) is 88.3 Å². The lowest BCUT2D eigenvalue weighted by atomic mass is 10.2. The molecule has 0 atom stereocenters. The van der Waals surface area contributed by atoms with Crippen LogP contribution < -0.4 is 5.32 Å². The molecule has 0 bridgehead atoms. The Morgan fingerprint density at radius 3 is 2.54 bits per heavy atom. The first kappa shape index (κ1) is 18.4. The van der Waals surface area contributed by atoms with Crippen LogP contribution in [0.15, 0.2) is 40.0 Å². The summed E-state index contributed by atoms with van der Waals surface area (Å²) in [4.78, 5) is 26.2. The first-order chi connectivity index (χ1) is 12.7. The average molecular weight is 374 g/mol. The summed E-state index contributed by atoms with van der Waals surface area (Å²) in [5.41, 5.74) is 0.574. The van der Waals surface area contributed by atoms with Crippen LogP contribution in [0.5, 0.6) is 0 Å². The summed E-state index contributed by atoms with van der Waals surface area (Å²) in [5, 5.41) is 10.9. The van der Waals surface area contributed by atoms with Gasteiger partial charge in [-0.2, -0.15) is 0 Å². The second kappa shape index (κ2) is 9.38. The van der Waals surface area contributed by atoms with Crippen LogP contribution in [0.3, 0.4) is 0 Å². The van der Waals surface area contributed by atoms with Gasteiger partial charge < -0.3 is 14.6 Å². The number of nitrogens with zero attached hydrogens (tertiary/aromatic N) is 3. The molecule has 8 heteroatoms. The molecule has 1 aliphatic rings. The third kappa shape index (κ3) is 5.32. The highest BCUT2D eigenvalue weighted by Crippen LogP contribution is 2.18. The maximum Gasteiger partial charge on any atom is 0.277 e. The molecule has 0 radical (unpaired) electrons. The number of amides is 2. The van der Waals surface area contributed by atoms with Crippen molar-refractivity contribution in [3.8, 4) is 0 Å². The highest BCUT2D eigenvalue weighted by molar-refractivity contribution is 7.99. The largest absolute Gasteiger partial charge is 0.414 e. The van der Waals surface area contributed by atoms with E-state index in [-0.39, 0.29) is 24.1 Å². The minimum Gasteiger partial charge on any atom is -0.414 e. The van der Waals surface area contributed by atoms with E-state index in [1.54, 1.807) is 24.3 Å². The van der Waals surface area contributed by atoms with Crippen LogP contribution in [0.25, 0.3) is 0 Å². The summed E-state index contributed by atoms with van der Waals surface area (Å²) in [6.07, 6.45) is 4.53. The molecule has 2 heterocycles. The number of benzene rings is 1. The maximum atomic E-state index is 12.3. The van der Waals surface area contributed by atoms with Crippen molar-refractivity contribution in [3.05, 3.63) is 41.8 Å². The van der Waals surface area contributed by atoms with E-state index >= 15 is 0 Å². The average Bonchev–Trinajstić information content (AvgIpc) is 2.95. The summed E-state index contributed by atoms with van der Waals surface area (Å²) in [6, 6.07) is 8.93. The summed E-state index contributed by atoms with van der Waals surface area (Å²) in [5.74, 6) is 0.514. The third-order valence-corrected chi connectivity index (χ3v) is 4.97. The highest BCUT2D eigenvalue weighted by Gasteiger charge is 2.17. The number of likely N-dealkylation sites (tertiary alicyclic amines) is 1. The van der Waals surface area contributed by atoms with E-state index in [4.69, 9.17) is 4.42 Å². The van der Waals surface area contributed by atoms with Crippen molar-refractivity contribution in [2.24, 2.45) is 0 Å². The van der Waals surface area contributed by atoms with Gasteiger partial charge in [0.1, 0.15) is 0 Å². The van der Waals surface area contributed by atoms with Crippen molar-refractivity contribution >= 4 is 23.6 Å². The molecule has 0 saturated carbocycles. The lowest BCUT2D eigenvalue weighted by Gasteiger charge is -2.19. The first-order valence-corrected chi connectivity index (χ1v) is 9.77. The summed E-state index contributed by atoms with van der Waals surface area (Å²) < 4.78 is 5.49. The van der Waals surface area contributed by atoms with Gasteiger partial charge in [0.15, 0.2) is 0 Å². The smallest absolute Gasteiger partial charge is 0.277 e. The Hall–Kier alpha value is -2.35. The Balaban J connectivity index is 1.44. The van der Waals surface area contributed by atoms with Crippen molar-refractivity contribution in [1.29, 1.82) is 0 Å². The molecule has 2 aromatic rings. The summed E-state index contributed by atoms with van der Waals surface area (Å²) in [7, 11) is 0. The van der Waals surface area contributed by atoms with Crippen molar-refractivity contribution in [1.82, 2.24) is 20.4 Å². The number of nitrogens with one attached hydrogen (secondary N) is 1. The molecule has 1 aromatic heterocycles. The Labute approximate surface area is 156 Å². The second-order valence-electron chi connectivity index (χ2n) is 6.09. The number of hydrogen-bond donors (Lipinski definition) is 1. The first-order valence-electron chi connectivity index (χ1n) is 8.78. The molecule has 1 aromatic carbocycles. The monoisotopic (exact) mass is 374 g/mol. The maximum absolute atomic E-state index is 12.3. The Morgan fingerprint density at radius 1 is 1.08 bits per heavy atom. The molecule has 0 spiro atoms. The number of carbonyl (C=O) groups excluding carboxylic acids is 2. The zero-order valence-corrected chi connectivity index (χ0v) is 15.3. The lowest BCUT2D eigenvalue weighted by molar-refractivity contribution is -0.128. The van der Waals surface area contributed by atoms with Gasteiger partial charge in [0, 0.05) is 18.7 Å². The normalized spacial score (nSPS) is 14.7. The molecule has 2 amide bonds. The van der Waals surface area contributed by atoms with Gasteiger partial charge in [-0.1, -0.05) is 42.8 Å². The molecule has 1 aliphatic heterocycles. The predicted molar refractivity (Wildman–Crippen MR) is 97.7 cm³/mol. The van der Waals surface area contributed by atoms with Crippen LogP contribution in [-0.2, 0) is 11.3 Å². The molecular weight excluding hydrogens is 352 g/mol. The van der Waals surface area contributed by atoms with Gasteiger partial charge in [-0.25, -0.2) is 0 Å². The zero-order chi connectivity index (χ0) is 18.2. The molecule has 26 heavy (non-hydrogen) atoms. The molecule has 0 unspecified atom stereocenters. The Morgan fingerprint density at radius 2 is 1.81 bits per heavy atom. The van der Waals surface area contributed by atoms with E-state index in [0.29, 0.717) is 16.7 Å². The molecule has 1 saturated heterocycles. The number of aromatic nitrogens is 2. The quantitative estimate of drug-likeness (QED) is 0.782. The van der Waals surface area contributed by atoms with Gasteiger partial charge in [-0.15, -0.1) is 10.2 Å². The van der Waals surface area contributed by atoms with E-state index in [9.17, 15) is 9.59 Å².